The van der Waals surface area contributed by atoms with Crippen molar-refractivity contribution in [1.82, 2.24) is 4.57 Å². The average molecular weight is 943 g/mol. The maximum Gasteiger partial charge on any atom is 0.0547 e. The van der Waals surface area contributed by atoms with Gasteiger partial charge in [-0.15, -0.1) is 0 Å². The van der Waals surface area contributed by atoms with Gasteiger partial charge in [0.2, 0.25) is 0 Å². The number of hydrogen-bond acceptors (Lipinski definition) is 1. The van der Waals surface area contributed by atoms with E-state index in [0.717, 1.165) is 39.4 Å². The number of benzene rings is 12. The second-order valence-corrected chi connectivity index (χ2v) is 19.6. The van der Waals surface area contributed by atoms with Crippen LogP contribution in [0.25, 0.3) is 93.9 Å². The zero-order chi connectivity index (χ0) is 49.2. The second kappa shape index (κ2) is 17.7. The molecule has 0 saturated heterocycles. The SMILES string of the molecule is CC1(c2ccccc2)c2ccccc2-c2c(-c3ccccc3N(c3ccccc3-c3cccc4cccc(-c5ccccc5)c34)c3ccccc3-c3cccc4c3c3ccccc3n4-c3ccccc3)cccc21. The molecule has 14 rings (SSSR count). The van der Waals surface area contributed by atoms with E-state index in [-0.39, 0.29) is 5.41 Å². The summed E-state index contributed by atoms with van der Waals surface area (Å²) in [5, 5.41) is 4.87. The highest BCUT2D eigenvalue weighted by molar-refractivity contribution is 6.17. The summed E-state index contributed by atoms with van der Waals surface area (Å²) in [5.41, 5.74) is 22.3. The summed E-state index contributed by atoms with van der Waals surface area (Å²) in [4.78, 5) is 2.57. The molecule has 0 radical (unpaired) electrons. The molecular weight excluding hydrogens is 893 g/mol. The van der Waals surface area contributed by atoms with Gasteiger partial charge in [0, 0.05) is 38.6 Å². The van der Waals surface area contributed by atoms with Crippen LogP contribution in [0.3, 0.4) is 0 Å². The van der Waals surface area contributed by atoms with Crippen LogP contribution in [0.2, 0.25) is 0 Å². The van der Waals surface area contributed by atoms with Gasteiger partial charge in [0.1, 0.15) is 0 Å². The van der Waals surface area contributed by atoms with E-state index < -0.39 is 0 Å². The smallest absolute Gasteiger partial charge is 0.0547 e. The number of nitrogens with zero attached hydrogens (tertiary/aromatic N) is 2. The molecule has 0 amide bonds. The number of hydrogen-bond donors (Lipinski definition) is 0. The average Bonchev–Trinajstić information content (AvgIpc) is 4.01. The molecule has 1 unspecified atom stereocenters. The zero-order valence-corrected chi connectivity index (χ0v) is 41.0. The molecule has 74 heavy (non-hydrogen) atoms. The van der Waals surface area contributed by atoms with Crippen LogP contribution in [0.5, 0.6) is 0 Å². The van der Waals surface area contributed by atoms with Gasteiger partial charge in [0.15, 0.2) is 0 Å². The monoisotopic (exact) mass is 942 g/mol. The van der Waals surface area contributed by atoms with Crippen molar-refractivity contribution in [2.24, 2.45) is 0 Å². The minimum Gasteiger partial charge on any atom is -0.309 e. The lowest BCUT2D eigenvalue weighted by molar-refractivity contribution is 0.714. The first kappa shape index (κ1) is 43.3. The Balaban J connectivity index is 1.07. The molecule has 348 valence electrons. The summed E-state index contributed by atoms with van der Waals surface area (Å²) in [5.74, 6) is 0. The molecule has 12 aromatic carbocycles. The van der Waals surface area contributed by atoms with Gasteiger partial charge < -0.3 is 9.47 Å². The molecule has 0 spiro atoms. The summed E-state index contributed by atoms with van der Waals surface area (Å²) in [6.45, 7) is 2.41. The van der Waals surface area contributed by atoms with Crippen molar-refractivity contribution >= 4 is 49.6 Å². The first-order chi connectivity index (χ1) is 36.7. The van der Waals surface area contributed by atoms with Crippen LogP contribution in [-0.4, -0.2) is 4.57 Å². The molecule has 0 fully saturated rings. The van der Waals surface area contributed by atoms with Crippen molar-refractivity contribution in [3.8, 4) is 61.3 Å². The minimum atomic E-state index is -0.348. The van der Waals surface area contributed by atoms with Crippen LogP contribution in [0.1, 0.15) is 23.6 Å². The van der Waals surface area contributed by atoms with Crippen molar-refractivity contribution in [2.75, 3.05) is 4.90 Å². The van der Waals surface area contributed by atoms with Crippen molar-refractivity contribution in [2.45, 2.75) is 12.3 Å². The minimum absolute atomic E-state index is 0.348. The molecule has 1 aliphatic rings. The van der Waals surface area contributed by atoms with Gasteiger partial charge in [-0.25, -0.2) is 0 Å². The third-order valence-electron chi connectivity index (χ3n) is 15.7. The fourth-order valence-corrected chi connectivity index (χ4v) is 12.4. The number of anilines is 3. The molecule has 1 heterocycles. The summed E-state index contributed by atoms with van der Waals surface area (Å²) in [6.07, 6.45) is 0. The van der Waals surface area contributed by atoms with Crippen LogP contribution < -0.4 is 4.90 Å². The quantitative estimate of drug-likeness (QED) is 0.140. The number of para-hydroxylation sites is 5. The Bertz CT molecular complexity index is 4260. The normalized spacial score (nSPS) is 13.8. The predicted octanol–water partition coefficient (Wildman–Crippen LogP) is 19.4. The van der Waals surface area contributed by atoms with E-state index in [9.17, 15) is 0 Å². The number of aromatic nitrogens is 1. The van der Waals surface area contributed by atoms with E-state index in [1.54, 1.807) is 0 Å². The molecule has 0 saturated carbocycles. The van der Waals surface area contributed by atoms with E-state index in [1.165, 1.54) is 88.2 Å². The molecule has 2 heteroatoms. The summed E-state index contributed by atoms with van der Waals surface area (Å²) >= 11 is 0. The van der Waals surface area contributed by atoms with Gasteiger partial charge in [-0.3, -0.25) is 0 Å². The highest BCUT2D eigenvalue weighted by atomic mass is 15.2. The summed E-state index contributed by atoms with van der Waals surface area (Å²) < 4.78 is 2.42. The van der Waals surface area contributed by atoms with Gasteiger partial charge in [0.25, 0.3) is 0 Å². The molecule has 2 nitrogen and oxygen atoms in total. The standard InChI is InChI=1S/C72H50N2/c1-72(51-29-7-3-8-30-51)62-42-16-11-36-60(62)70-58(40-23-43-63(70)72)55-34-13-18-45-65(55)74(64-44-17-12-33-54(64)57-39-22-28-50-27-21-38-53(69(50)57)49-25-5-2-6-26-49)66-46-19-14-35-56(66)59-41-24-48-68-71(59)61-37-15-20-47-67(61)73(68)52-31-9-4-10-32-52/h2-48H,1H3. The fraction of sp³-hybridized carbons (Fsp3) is 0.0278. The third-order valence-corrected chi connectivity index (χ3v) is 15.7. The van der Waals surface area contributed by atoms with E-state index in [0.29, 0.717) is 0 Å². The Labute approximate surface area is 432 Å². The molecule has 13 aromatic rings. The Morgan fingerprint density at radius 1 is 0.311 bits per heavy atom. The van der Waals surface area contributed by atoms with Gasteiger partial charge in [-0.2, -0.15) is 0 Å². The maximum absolute atomic E-state index is 2.57. The van der Waals surface area contributed by atoms with Crippen LogP contribution in [-0.2, 0) is 5.41 Å². The van der Waals surface area contributed by atoms with E-state index >= 15 is 0 Å². The molecule has 0 aliphatic heterocycles. The second-order valence-electron chi connectivity index (χ2n) is 19.6. The van der Waals surface area contributed by atoms with Crippen molar-refractivity contribution in [3.05, 3.63) is 302 Å². The lowest BCUT2D eigenvalue weighted by Crippen LogP contribution is -2.22. The largest absolute Gasteiger partial charge is 0.309 e. The molecule has 0 N–H and O–H groups in total. The first-order valence-corrected chi connectivity index (χ1v) is 25.7. The van der Waals surface area contributed by atoms with Gasteiger partial charge in [0.05, 0.1) is 28.1 Å². The Morgan fingerprint density at radius 3 is 1.43 bits per heavy atom. The first-order valence-electron chi connectivity index (χ1n) is 25.7. The highest BCUT2D eigenvalue weighted by Gasteiger charge is 2.42. The highest BCUT2D eigenvalue weighted by Crippen LogP contribution is 2.57. The van der Waals surface area contributed by atoms with E-state index in [2.05, 4.69) is 302 Å². The van der Waals surface area contributed by atoms with Crippen molar-refractivity contribution in [3.63, 3.8) is 0 Å². The molecular formula is C72H50N2. The van der Waals surface area contributed by atoms with Crippen molar-refractivity contribution in [1.29, 1.82) is 0 Å². The molecule has 0 bridgehead atoms. The molecule has 1 atom stereocenters. The number of rotatable bonds is 9. The van der Waals surface area contributed by atoms with Crippen LogP contribution >= 0.6 is 0 Å². The lowest BCUT2D eigenvalue weighted by Gasteiger charge is -2.32. The predicted molar refractivity (Wildman–Crippen MR) is 312 cm³/mol. The maximum atomic E-state index is 2.57. The Morgan fingerprint density at radius 2 is 0.757 bits per heavy atom. The van der Waals surface area contributed by atoms with Gasteiger partial charge in [-0.05, 0) is 116 Å². The van der Waals surface area contributed by atoms with Gasteiger partial charge in [-0.1, -0.05) is 243 Å². The van der Waals surface area contributed by atoms with Crippen LogP contribution in [0.15, 0.2) is 285 Å². The summed E-state index contributed by atoms with van der Waals surface area (Å²) in [7, 11) is 0. The molecule has 1 aliphatic carbocycles. The lowest BCUT2D eigenvalue weighted by atomic mass is 9.74. The Kier molecular flexibility index (Phi) is 10.3. The van der Waals surface area contributed by atoms with E-state index in [1.807, 2.05) is 0 Å². The van der Waals surface area contributed by atoms with Crippen LogP contribution in [0.4, 0.5) is 17.1 Å². The number of fused-ring (bicyclic) bond motifs is 7. The van der Waals surface area contributed by atoms with Gasteiger partial charge >= 0.3 is 0 Å². The Hall–Kier alpha value is -9.50. The third kappa shape index (κ3) is 6.72. The zero-order valence-electron chi connectivity index (χ0n) is 41.0. The van der Waals surface area contributed by atoms with Crippen molar-refractivity contribution < 1.29 is 0 Å². The van der Waals surface area contributed by atoms with E-state index in [4.69, 9.17) is 0 Å². The molecule has 1 aromatic heterocycles. The topological polar surface area (TPSA) is 8.17 Å². The summed E-state index contributed by atoms with van der Waals surface area (Å²) in [6, 6.07) is 105. The van der Waals surface area contributed by atoms with Crippen LogP contribution in [0, 0.1) is 0 Å². The fourth-order valence-electron chi connectivity index (χ4n) is 12.4.